The summed E-state index contributed by atoms with van der Waals surface area (Å²) in [5.74, 6) is 0.333. The monoisotopic (exact) mass is 275 g/mol. The molecule has 1 aliphatic heterocycles. The van der Waals surface area contributed by atoms with E-state index in [1.165, 1.54) is 0 Å². The van der Waals surface area contributed by atoms with E-state index < -0.39 is 0 Å². The average Bonchev–Trinajstić information content (AvgIpc) is 3.27. The quantitative estimate of drug-likeness (QED) is 0.560. The lowest BCUT2D eigenvalue weighted by molar-refractivity contribution is -0.143. The Kier molecular flexibility index (Phi) is 4.97. The number of hydrogen-bond acceptors (Lipinski definition) is 5. The number of nitriles is 1. The van der Waals surface area contributed by atoms with Crippen LogP contribution in [0.4, 0.5) is 0 Å². The first-order chi connectivity index (χ1) is 9.72. The Morgan fingerprint density at radius 3 is 3.00 bits per heavy atom. The summed E-state index contributed by atoms with van der Waals surface area (Å²) in [7, 11) is 0. The fourth-order valence-electron chi connectivity index (χ4n) is 1.77. The second-order valence-electron chi connectivity index (χ2n) is 4.51. The highest BCUT2D eigenvalue weighted by atomic mass is 16.6. The zero-order chi connectivity index (χ0) is 14.4. The summed E-state index contributed by atoms with van der Waals surface area (Å²) in [6.45, 7) is 3.36. The van der Waals surface area contributed by atoms with Gasteiger partial charge in [-0.15, -0.1) is 0 Å². The summed E-state index contributed by atoms with van der Waals surface area (Å²) in [4.78, 5) is 11.3. The van der Waals surface area contributed by atoms with E-state index in [0.717, 1.165) is 12.2 Å². The third-order valence-corrected chi connectivity index (χ3v) is 2.91. The number of benzene rings is 1. The lowest BCUT2D eigenvalue weighted by Crippen LogP contribution is -2.07. The lowest BCUT2D eigenvalue weighted by Gasteiger charge is -2.08. The maximum Gasteiger partial charge on any atom is 0.306 e. The van der Waals surface area contributed by atoms with Gasteiger partial charge in [-0.05, 0) is 31.0 Å². The lowest BCUT2D eigenvalue weighted by atomic mass is 10.1. The second-order valence-corrected chi connectivity index (χ2v) is 4.51. The van der Waals surface area contributed by atoms with Crippen LogP contribution in [0.15, 0.2) is 18.2 Å². The van der Waals surface area contributed by atoms with Crippen molar-refractivity contribution in [2.45, 2.75) is 25.9 Å². The number of hydrogen-bond donors (Lipinski definition) is 0. The molecular formula is C15H17NO4. The summed E-state index contributed by atoms with van der Waals surface area (Å²) in [5, 5.41) is 9.13. The zero-order valence-electron chi connectivity index (χ0n) is 11.4. The normalized spacial score (nSPS) is 16.3. The molecule has 106 valence electrons. The molecule has 0 N–H and O–H groups in total. The largest absolute Gasteiger partial charge is 0.489 e. The van der Waals surface area contributed by atoms with E-state index >= 15 is 0 Å². The Bertz CT molecular complexity index is 517. The minimum atomic E-state index is -0.225. The predicted molar refractivity (Wildman–Crippen MR) is 71.3 cm³/mol. The van der Waals surface area contributed by atoms with Gasteiger partial charge in [0.05, 0.1) is 18.8 Å². The van der Waals surface area contributed by atoms with E-state index in [1.807, 2.05) is 6.07 Å². The Morgan fingerprint density at radius 2 is 2.35 bits per heavy atom. The molecule has 1 saturated heterocycles. The van der Waals surface area contributed by atoms with Gasteiger partial charge in [0.25, 0.3) is 0 Å². The molecule has 2 rings (SSSR count). The maximum absolute atomic E-state index is 11.3. The molecule has 20 heavy (non-hydrogen) atoms. The molecule has 1 atom stereocenters. The standard InChI is InChI=1S/C15H17NO4/c1-2-18-15(17)6-4-11-3-5-14(12(7-11)8-16)20-10-13-9-19-13/h3,5,7,13H,2,4,6,9-10H2,1H3. The van der Waals surface area contributed by atoms with Crippen molar-refractivity contribution in [2.24, 2.45) is 0 Å². The van der Waals surface area contributed by atoms with Crippen LogP contribution in [0.2, 0.25) is 0 Å². The van der Waals surface area contributed by atoms with Crippen LogP contribution in [0.5, 0.6) is 5.75 Å². The van der Waals surface area contributed by atoms with Crippen molar-refractivity contribution in [3.05, 3.63) is 29.3 Å². The van der Waals surface area contributed by atoms with Crippen molar-refractivity contribution in [3.63, 3.8) is 0 Å². The number of ether oxygens (including phenoxy) is 3. The molecule has 1 aromatic rings. The van der Waals surface area contributed by atoms with E-state index in [2.05, 4.69) is 6.07 Å². The van der Waals surface area contributed by atoms with Crippen LogP contribution in [-0.4, -0.2) is 31.9 Å². The van der Waals surface area contributed by atoms with Crippen molar-refractivity contribution in [3.8, 4) is 11.8 Å². The smallest absolute Gasteiger partial charge is 0.306 e. The summed E-state index contributed by atoms with van der Waals surface area (Å²) in [6.07, 6.45) is 1.03. The van der Waals surface area contributed by atoms with Gasteiger partial charge in [-0.25, -0.2) is 0 Å². The summed E-state index contributed by atoms with van der Waals surface area (Å²) in [5.41, 5.74) is 1.40. The zero-order valence-corrected chi connectivity index (χ0v) is 11.4. The molecule has 1 fully saturated rings. The van der Waals surface area contributed by atoms with Crippen LogP contribution in [0.25, 0.3) is 0 Å². The highest BCUT2D eigenvalue weighted by molar-refractivity contribution is 5.69. The van der Waals surface area contributed by atoms with E-state index in [4.69, 9.17) is 19.5 Å². The maximum atomic E-state index is 11.3. The van der Waals surface area contributed by atoms with E-state index in [9.17, 15) is 4.79 Å². The van der Waals surface area contributed by atoms with Crippen molar-refractivity contribution >= 4 is 5.97 Å². The number of carbonyl (C=O) groups is 1. The number of epoxide rings is 1. The first kappa shape index (κ1) is 14.4. The fourth-order valence-corrected chi connectivity index (χ4v) is 1.77. The van der Waals surface area contributed by atoms with E-state index in [1.54, 1.807) is 19.1 Å². The number of aryl methyl sites for hydroxylation is 1. The first-order valence-electron chi connectivity index (χ1n) is 6.66. The molecule has 0 saturated carbocycles. The van der Waals surface area contributed by atoms with Gasteiger partial charge in [-0.3, -0.25) is 4.79 Å². The summed E-state index contributed by atoms with van der Waals surface area (Å²) in [6, 6.07) is 7.49. The van der Waals surface area contributed by atoms with Crippen molar-refractivity contribution in [1.82, 2.24) is 0 Å². The van der Waals surface area contributed by atoms with Gasteiger partial charge in [-0.2, -0.15) is 5.26 Å². The average molecular weight is 275 g/mol. The van der Waals surface area contributed by atoms with Crippen LogP contribution in [-0.2, 0) is 20.7 Å². The minimum absolute atomic E-state index is 0.157. The molecule has 1 heterocycles. The molecule has 1 aliphatic rings. The molecule has 0 amide bonds. The third-order valence-electron chi connectivity index (χ3n) is 2.91. The summed E-state index contributed by atoms with van der Waals surface area (Å²) >= 11 is 0. The van der Waals surface area contributed by atoms with Crippen LogP contribution >= 0.6 is 0 Å². The highest BCUT2D eigenvalue weighted by Crippen LogP contribution is 2.22. The number of carbonyl (C=O) groups excluding carboxylic acids is 1. The van der Waals surface area contributed by atoms with Gasteiger partial charge in [-0.1, -0.05) is 6.07 Å². The van der Waals surface area contributed by atoms with Gasteiger partial charge >= 0.3 is 5.97 Å². The summed E-state index contributed by atoms with van der Waals surface area (Å²) < 4.78 is 15.5. The molecule has 0 aliphatic carbocycles. The predicted octanol–water partition coefficient (Wildman–Crippen LogP) is 1.83. The van der Waals surface area contributed by atoms with Gasteiger partial charge < -0.3 is 14.2 Å². The Labute approximate surface area is 118 Å². The van der Waals surface area contributed by atoms with E-state index in [0.29, 0.717) is 37.4 Å². The Hall–Kier alpha value is -2.06. The van der Waals surface area contributed by atoms with Crippen LogP contribution in [0.3, 0.4) is 0 Å². The van der Waals surface area contributed by atoms with Crippen LogP contribution in [0.1, 0.15) is 24.5 Å². The Morgan fingerprint density at radius 1 is 1.55 bits per heavy atom. The molecule has 0 spiro atoms. The van der Waals surface area contributed by atoms with Crippen LogP contribution in [0, 0.1) is 11.3 Å². The molecule has 0 radical (unpaired) electrons. The molecular weight excluding hydrogens is 258 g/mol. The van der Waals surface area contributed by atoms with Crippen molar-refractivity contribution in [2.75, 3.05) is 19.8 Å². The van der Waals surface area contributed by atoms with Gasteiger partial charge in [0.1, 0.15) is 24.5 Å². The topological polar surface area (TPSA) is 71.8 Å². The van der Waals surface area contributed by atoms with Crippen molar-refractivity contribution < 1.29 is 19.0 Å². The van der Waals surface area contributed by atoms with E-state index in [-0.39, 0.29) is 12.1 Å². The highest BCUT2D eigenvalue weighted by Gasteiger charge is 2.23. The number of esters is 1. The molecule has 0 bridgehead atoms. The fraction of sp³-hybridized carbons (Fsp3) is 0.467. The molecule has 1 aromatic carbocycles. The van der Waals surface area contributed by atoms with Crippen LogP contribution < -0.4 is 4.74 Å². The van der Waals surface area contributed by atoms with Gasteiger partial charge in [0.2, 0.25) is 0 Å². The second kappa shape index (κ2) is 6.92. The SMILES string of the molecule is CCOC(=O)CCc1ccc(OCC2CO2)c(C#N)c1. The molecule has 5 heteroatoms. The third kappa shape index (κ3) is 4.25. The van der Waals surface area contributed by atoms with Gasteiger partial charge in [0.15, 0.2) is 0 Å². The Balaban J connectivity index is 1.93. The minimum Gasteiger partial charge on any atom is -0.489 e. The number of rotatable bonds is 7. The molecule has 5 nitrogen and oxygen atoms in total. The van der Waals surface area contributed by atoms with Crippen molar-refractivity contribution in [1.29, 1.82) is 5.26 Å². The molecule has 1 unspecified atom stereocenters. The number of nitrogens with zero attached hydrogens (tertiary/aromatic N) is 1. The first-order valence-corrected chi connectivity index (χ1v) is 6.66. The molecule has 0 aromatic heterocycles. The van der Waals surface area contributed by atoms with Gasteiger partial charge in [0, 0.05) is 6.42 Å².